The van der Waals surface area contributed by atoms with Gasteiger partial charge in [-0.2, -0.15) is 0 Å². The fourth-order valence-corrected chi connectivity index (χ4v) is 1.65. The van der Waals surface area contributed by atoms with Gasteiger partial charge in [0.25, 0.3) is 0 Å². The van der Waals surface area contributed by atoms with Gasteiger partial charge < -0.3 is 0 Å². The van der Waals surface area contributed by atoms with Gasteiger partial charge in [-0.05, 0) is 25.7 Å². The second-order valence-corrected chi connectivity index (χ2v) is 4.41. The Morgan fingerprint density at radius 1 is 0.750 bits per heavy atom. The normalized spacial score (nSPS) is 11.9. The minimum atomic E-state index is 1.09. The third kappa shape index (κ3) is 13.5. The molecule has 0 aliphatic heterocycles. The van der Waals surface area contributed by atoms with Gasteiger partial charge in [0.2, 0.25) is 0 Å². The molecule has 0 aromatic rings. The molecule has 0 unspecified atom stereocenters. The minimum absolute atomic E-state index is 1.09. The van der Waals surface area contributed by atoms with Crippen LogP contribution in [0.25, 0.3) is 0 Å². The summed E-state index contributed by atoms with van der Waals surface area (Å²) >= 11 is 0. The van der Waals surface area contributed by atoms with Crippen molar-refractivity contribution in [3.63, 3.8) is 0 Å². The molecule has 0 aliphatic rings. The summed E-state index contributed by atoms with van der Waals surface area (Å²) in [4.78, 5) is 0. The average Bonchev–Trinajstić information content (AvgIpc) is 2.31. The summed E-state index contributed by atoms with van der Waals surface area (Å²) < 4.78 is 0. The third-order valence-electron chi connectivity index (χ3n) is 2.73. The van der Waals surface area contributed by atoms with Gasteiger partial charge in [0.05, 0.1) is 0 Å². The van der Waals surface area contributed by atoms with E-state index < -0.39 is 0 Å². The highest BCUT2D eigenvalue weighted by Crippen LogP contribution is 2.05. The number of rotatable bonds is 11. The van der Waals surface area contributed by atoms with Crippen molar-refractivity contribution in [1.82, 2.24) is 0 Å². The van der Waals surface area contributed by atoms with Crippen LogP contribution in [0.3, 0.4) is 0 Å². The maximum Gasteiger partial charge on any atom is -0.0348 e. The predicted molar refractivity (Wildman–Crippen MR) is 75.5 cm³/mol. The van der Waals surface area contributed by atoms with Crippen molar-refractivity contribution in [1.29, 1.82) is 0 Å². The van der Waals surface area contributed by atoms with E-state index in [0.717, 1.165) is 6.42 Å². The van der Waals surface area contributed by atoms with Gasteiger partial charge in [-0.15, -0.1) is 0 Å². The van der Waals surface area contributed by atoms with Crippen molar-refractivity contribution in [2.24, 2.45) is 0 Å². The summed E-state index contributed by atoms with van der Waals surface area (Å²) in [7, 11) is 0. The molecular weight excluding hydrogens is 192 g/mol. The van der Waals surface area contributed by atoms with E-state index in [4.69, 9.17) is 0 Å². The summed E-state index contributed by atoms with van der Waals surface area (Å²) in [5.41, 5.74) is 0. The highest BCUT2D eigenvalue weighted by molar-refractivity contribution is 5.02. The SMILES string of the molecule is [CH2]CCCCCCC=CC=CCCCCC. The number of unbranched alkanes of at least 4 members (excludes halogenated alkanes) is 8. The minimum Gasteiger partial charge on any atom is -0.0845 e. The summed E-state index contributed by atoms with van der Waals surface area (Å²) in [6, 6.07) is 0. The molecule has 0 heterocycles. The zero-order chi connectivity index (χ0) is 11.9. The van der Waals surface area contributed by atoms with Crippen molar-refractivity contribution in [3.8, 4) is 0 Å². The Hall–Kier alpha value is -0.520. The Morgan fingerprint density at radius 3 is 1.88 bits per heavy atom. The summed E-state index contributed by atoms with van der Waals surface area (Å²) in [6.07, 6.45) is 21.9. The van der Waals surface area contributed by atoms with Gasteiger partial charge >= 0.3 is 0 Å². The molecule has 1 radical (unpaired) electrons. The lowest BCUT2D eigenvalue weighted by molar-refractivity contribution is 0.651. The van der Waals surface area contributed by atoms with E-state index in [0.29, 0.717) is 0 Å². The molecule has 0 fully saturated rings. The van der Waals surface area contributed by atoms with Gasteiger partial charge in [0, 0.05) is 0 Å². The van der Waals surface area contributed by atoms with Crippen LogP contribution in [0.1, 0.15) is 71.1 Å². The zero-order valence-electron chi connectivity index (χ0n) is 11.1. The molecule has 0 saturated carbocycles. The maximum atomic E-state index is 3.85. The molecule has 0 spiro atoms. The Morgan fingerprint density at radius 2 is 1.31 bits per heavy atom. The first-order valence-corrected chi connectivity index (χ1v) is 7.02. The van der Waals surface area contributed by atoms with Crippen molar-refractivity contribution < 1.29 is 0 Å². The highest BCUT2D eigenvalue weighted by Gasteiger charge is 1.85. The van der Waals surface area contributed by atoms with E-state index >= 15 is 0 Å². The van der Waals surface area contributed by atoms with Crippen LogP contribution in [-0.4, -0.2) is 0 Å². The van der Waals surface area contributed by atoms with Crippen LogP contribution in [0.4, 0.5) is 0 Å². The van der Waals surface area contributed by atoms with Gasteiger partial charge in [-0.1, -0.05) is 76.7 Å². The van der Waals surface area contributed by atoms with E-state index in [1.54, 1.807) is 0 Å². The molecule has 0 rings (SSSR count). The number of allylic oxidation sites excluding steroid dienone is 4. The lowest BCUT2D eigenvalue weighted by atomic mass is 10.1. The highest BCUT2D eigenvalue weighted by atomic mass is 13.9. The van der Waals surface area contributed by atoms with Gasteiger partial charge in [0.15, 0.2) is 0 Å². The molecule has 0 bridgehead atoms. The molecule has 0 saturated heterocycles. The van der Waals surface area contributed by atoms with Crippen LogP contribution in [0, 0.1) is 6.92 Å². The molecule has 0 aromatic carbocycles. The first-order chi connectivity index (χ1) is 7.91. The van der Waals surface area contributed by atoms with Crippen LogP contribution in [0.2, 0.25) is 0 Å². The molecular formula is C16H29. The lowest BCUT2D eigenvalue weighted by Crippen LogP contribution is -1.75. The molecule has 16 heavy (non-hydrogen) atoms. The Bertz CT molecular complexity index is 165. The average molecular weight is 221 g/mol. The van der Waals surface area contributed by atoms with E-state index in [2.05, 4.69) is 38.2 Å². The number of hydrogen-bond donors (Lipinski definition) is 0. The fraction of sp³-hybridized carbons (Fsp3) is 0.688. The molecule has 0 aromatic heterocycles. The monoisotopic (exact) mass is 221 g/mol. The number of hydrogen-bond acceptors (Lipinski definition) is 0. The Kier molecular flexibility index (Phi) is 14.0. The van der Waals surface area contributed by atoms with E-state index in [9.17, 15) is 0 Å². The molecule has 0 atom stereocenters. The summed E-state index contributed by atoms with van der Waals surface area (Å²) in [5, 5.41) is 0. The van der Waals surface area contributed by atoms with Gasteiger partial charge in [-0.25, -0.2) is 0 Å². The maximum absolute atomic E-state index is 3.85. The molecule has 93 valence electrons. The quantitative estimate of drug-likeness (QED) is 0.303. The Balaban J connectivity index is 3.14. The molecule has 0 N–H and O–H groups in total. The van der Waals surface area contributed by atoms with Crippen LogP contribution >= 0.6 is 0 Å². The van der Waals surface area contributed by atoms with Crippen molar-refractivity contribution in [3.05, 3.63) is 31.2 Å². The topological polar surface area (TPSA) is 0 Å². The van der Waals surface area contributed by atoms with Crippen molar-refractivity contribution >= 4 is 0 Å². The molecule has 0 heteroatoms. The lowest BCUT2D eigenvalue weighted by Gasteiger charge is -1.95. The standard InChI is InChI=1S/C16H29/c1-3-5-7-9-11-13-15-16-14-12-10-8-6-4-2/h12,14-16H,1,3-11,13H2,2H3. The second-order valence-electron chi connectivity index (χ2n) is 4.41. The Labute approximate surface area is 103 Å². The summed E-state index contributed by atoms with van der Waals surface area (Å²) in [6.45, 7) is 6.10. The third-order valence-corrected chi connectivity index (χ3v) is 2.73. The second kappa shape index (κ2) is 14.5. The van der Waals surface area contributed by atoms with Gasteiger partial charge in [0.1, 0.15) is 0 Å². The first kappa shape index (κ1) is 15.5. The van der Waals surface area contributed by atoms with Gasteiger partial charge in [-0.3, -0.25) is 0 Å². The molecule has 0 nitrogen and oxygen atoms in total. The van der Waals surface area contributed by atoms with E-state index in [-0.39, 0.29) is 0 Å². The first-order valence-electron chi connectivity index (χ1n) is 7.02. The zero-order valence-corrected chi connectivity index (χ0v) is 11.1. The van der Waals surface area contributed by atoms with Crippen molar-refractivity contribution in [2.45, 2.75) is 71.1 Å². The fourth-order valence-electron chi connectivity index (χ4n) is 1.65. The largest absolute Gasteiger partial charge is 0.0845 e. The van der Waals surface area contributed by atoms with Crippen LogP contribution < -0.4 is 0 Å². The molecule has 0 aliphatic carbocycles. The predicted octanol–water partition coefficient (Wildman–Crippen LogP) is 5.85. The van der Waals surface area contributed by atoms with Crippen LogP contribution in [0.15, 0.2) is 24.3 Å². The summed E-state index contributed by atoms with van der Waals surface area (Å²) in [5.74, 6) is 0. The van der Waals surface area contributed by atoms with E-state index in [1.165, 1.54) is 57.8 Å². The smallest absolute Gasteiger partial charge is 0.0348 e. The molecule has 0 amide bonds. The van der Waals surface area contributed by atoms with Crippen molar-refractivity contribution in [2.75, 3.05) is 0 Å². The van der Waals surface area contributed by atoms with Crippen LogP contribution in [-0.2, 0) is 0 Å². The van der Waals surface area contributed by atoms with E-state index in [1.807, 2.05) is 0 Å². The van der Waals surface area contributed by atoms with Crippen LogP contribution in [0.5, 0.6) is 0 Å².